The molecular formula is C18H13F6NO2. The van der Waals surface area contributed by atoms with Gasteiger partial charge in [-0.3, -0.25) is 9.59 Å². The quantitative estimate of drug-likeness (QED) is 0.586. The Kier molecular flexibility index (Phi) is 5.62. The van der Waals surface area contributed by atoms with Crippen molar-refractivity contribution in [2.75, 3.05) is 12.4 Å². The number of hydrogen-bond donors (Lipinski definition) is 1. The predicted octanol–water partition coefficient (Wildman–Crippen LogP) is 4.88. The van der Waals surface area contributed by atoms with Crippen molar-refractivity contribution in [3.8, 4) is 0 Å². The molecule has 0 bridgehead atoms. The van der Waals surface area contributed by atoms with E-state index >= 15 is 0 Å². The van der Waals surface area contributed by atoms with E-state index in [0.29, 0.717) is 0 Å². The number of hydrogen-bond acceptors (Lipinski definition) is 3. The van der Waals surface area contributed by atoms with E-state index in [2.05, 4.69) is 5.32 Å². The van der Waals surface area contributed by atoms with Crippen LogP contribution in [0.5, 0.6) is 0 Å². The van der Waals surface area contributed by atoms with Crippen LogP contribution in [0.1, 0.15) is 26.3 Å². The van der Waals surface area contributed by atoms with Crippen molar-refractivity contribution in [2.45, 2.75) is 12.4 Å². The maximum atomic E-state index is 12.6. The zero-order valence-electron chi connectivity index (χ0n) is 13.8. The van der Waals surface area contributed by atoms with Gasteiger partial charge in [0.05, 0.1) is 0 Å². The first kappa shape index (κ1) is 20.5. The molecule has 27 heavy (non-hydrogen) atoms. The minimum Gasteiger partial charge on any atom is -0.388 e. The summed E-state index contributed by atoms with van der Waals surface area (Å²) >= 11 is 0. The van der Waals surface area contributed by atoms with E-state index in [-0.39, 0.29) is 11.1 Å². The number of ketones is 2. The van der Waals surface area contributed by atoms with Crippen molar-refractivity contribution >= 4 is 17.3 Å². The topological polar surface area (TPSA) is 46.2 Å². The number of carbonyl (C=O) groups is 2. The molecular weight excluding hydrogens is 376 g/mol. The second kappa shape index (κ2) is 7.42. The Balaban J connectivity index is 2.27. The van der Waals surface area contributed by atoms with E-state index in [9.17, 15) is 35.9 Å². The average molecular weight is 389 g/mol. The molecule has 0 fully saturated rings. The summed E-state index contributed by atoms with van der Waals surface area (Å²) in [5, 5.41) is 2.86. The van der Waals surface area contributed by atoms with Crippen molar-refractivity contribution in [3.05, 3.63) is 65.2 Å². The molecule has 0 aromatic heterocycles. The van der Waals surface area contributed by atoms with Gasteiger partial charge in [-0.2, -0.15) is 26.3 Å². The molecule has 144 valence electrons. The highest BCUT2D eigenvalue weighted by atomic mass is 19.4. The lowest BCUT2D eigenvalue weighted by molar-refractivity contribution is -0.264. The van der Waals surface area contributed by atoms with E-state index in [1.165, 1.54) is 12.1 Å². The van der Waals surface area contributed by atoms with Gasteiger partial charge < -0.3 is 5.32 Å². The molecule has 0 spiro atoms. The fourth-order valence-corrected chi connectivity index (χ4v) is 2.39. The van der Waals surface area contributed by atoms with E-state index in [1.54, 1.807) is 19.2 Å². The fraction of sp³-hybridized carbons (Fsp3) is 0.222. The molecule has 0 aliphatic carbocycles. The summed E-state index contributed by atoms with van der Waals surface area (Å²) in [6.07, 6.45) is -11.5. The highest BCUT2D eigenvalue weighted by Crippen LogP contribution is 2.41. The summed E-state index contributed by atoms with van der Waals surface area (Å²) in [4.78, 5) is 24.0. The van der Waals surface area contributed by atoms with Crippen LogP contribution in [-0.2, 0) is 0 Å². The average Bonchev–Trinajstić information content (AvgIpc) is 2.59. The first-order valence-corrected chi connectivity index (χ1v) is 7.55. The smallest absolute Gasteiger partial charge is 0.388 e. The number of halogens is 6. The Morgan fingerprint density at radius 3 is 1.48 bits per heavy atom. The first-order chi connectivity index (χ1) is 12.4. The molecule has 0 unspecified atom stereocenters. The molecule has 2 aromatic carbocycles. The third-order valence-electron chi connectivity index (χ3n) is 3.78. The van der Waals surface area contributed by atoms with Crippen LogP contribution in [0.15, 0.2) is 48.5 Å². The van der Waals surface area contributed by atoms with Crippen molar-refractivity contribution in [3.63, 3.8) is 0 Å². The molecule has 0 aliphatic heterocycles. The molecule has 9 heteroatoms. The van der Waals surface area contributed by atoms with Crippen LogP contribution in [-0.4, -0.2) is 31.0 Å². The minimum absolute atomic E-state index is 0.0272. The number of Topliss-reactive ketones (excluding diaryl/α,β-unsaturated/α-hetero) is 1. The SMILES string of the molecule is CNc1ccc(C(=O)c2ccc(C(=O)C(C(F)(F)F)C(F)(F)F)cc2)cc1. The van der Waals surface area contributed by atoms with E-state index in [0.717, 1.165) is 30.0 Å². The minimum atomic E-state index is -5.76. The Morgan fingerprint density at radius 1 is 0.741 bits per heavy atom. The molecule has 0 atom stereocenters. The predicted molar refractivity (Wildman–Crippen MR) is 85.8 cm³/mol. The summed E-state index contributed by atoms with van der Waals surface area (Å²) < 4.78 is 75.9. The Morgan fingerprint density at radius 2 is 1.11 bits per heavy atom. The third kappa shape index (κ3) is 4.66. The second-order valence-electron chi connectivity index (χ2n) is 5.61. The van der Waals surface area contributed by atoms with Gasteiger partial charge in [-0.05, 0) is 24.3 Å². The molecule has 2 rings (SSSR count). The van der Waals surface area contributed by atoms with E-state index < -0.39 is 35.4 Å². The van der Waals surface area contributed by atoms with Gasteiger partial charge in [0.25, 0.3) is 0 Å². The van der Waals surface area contributed by atoms with Crippen LogP contribution in [0, 0.1) is 5.92 Å². The number of benzene rings is 2. The van der Waals surface area contributed by atoms with E-state index in [1.807, 2.05) is 0 Å². The molecule has 0 saturated carbocycles. The maximum absolute atomic E-state index is 12.6. The maximum Gasteiger partial charge on any atom is 0.407 e. The van der Waals surface area contributed by atoms with Gasteiger partial charge in [0, 0.05) is 29.4 Å². The highest BCUT2D eigenvalue weighted by molar-refractivity contribution is 6.09. The lowest BCUT2D eigenvalue weighted by Gasteiger charge is -2.21. The number of alkyl halides is 6. The van der Waals surface area contributed by atoms with Crippen molar-refractivity contribution in [2.24, 2.45) is 5.92 Å². The van der Waals surface area contributed by atoms with Crippen LogP contribution < -0.4 is 5.32 Å². The summed E-state index contributed by atoms with van der Waals surface area (Å²) in [6, 6.07) is 9.87. The molecule has 0 amide bonds. The number of nitrogens with one attached hydrogen (secondary N) is 1. The highest BCUT2D eigenvalue weighted by Gasteiger charge is 2.60. The van der Waals surface area contributed by atoms with Crippen molar-refractivity contribution < 1.29 is 35.9 Å². The van der Waals surface area contributed by atoms with Gasteiger partial charge in [-0.15, -0.1) is 0 Å². The van der Waals surface area contributed by atoms with Crippen molar-refractivity contribution in [1.82, 2.24) is 0 Å². The van der Waals surface area contributed by atoms with Gasteiger partial charge in [-0.25, -0.2) is 0 Å². The van der Waals surface area contributed by atoms with Gasteiger partial charge in [-0.1, -0.05) is 24.3 Å². The lowest BCUT2D eigenvalue weighted by atomic mass is 9.94. The van der Waals surface area contributed by atoms with Crippen LogP contribution in [0.4, 0.5) is 32.0 Å². The lowest BCUT2D eigenvalue weighted by Crippen LogP contribution is -2.42. The summed E-state index contributed by atoms with van der Waals surface area (Å²) in [5.41, 5.74) is 0.269. The molecule has 3 nitrogen and oxygen atoms in total. The van der Waals surface area contributed by atoms with Crippen LogP contribution >= 0.6 is 0 Å². The number of anilines is 1. The zero-order valence-corrected chi connectivity index (χ0v) is 13.8. The van der Waals surface area contributed by atoms with Crippen LogP contribution in [0.3, 0.4) is 0 Å². The molecule has 0 radical (unpaired) electrons. The largest absolute Gasteiger partial charge is 0.407 e. The van der Waals surface area contributed by atoms with Gasteiger partial charge in [0.15, 0.2) is 11.6 Å². The normalized spacial score (nSPS) is 12.1. The van der Waals surface area contributed by atoms with Crippen LogP contribution in [0.2, 0.25) is 0 Å². The fourth-order valence-electron chi connectivity index (χ4n) is 2.39. The molecule has 0 aliphatic rings. The van der Waals surface area contributed by atoms with E-state index in [4.69, 9.17) is 0 Å². The number of rotatable bonds is 5. The molecule has 0 heterocycles. The number of carbonyl (C=O) groups excluding carboxylic acids is 2. The Hall–Kier alpha value is -2.84. The molecule has 0 saturated heterocycles. The van der Waals surface area contributed by atoms with Gasteiger partial charge in [0.1, 0.15) is 0 Å². The monoisotopic (exact) mass is 389 g/mol. The summed E-state index contributed by atoms with van der Waals surface area (Å²) in [7, 11) is 1.68. The summed E-state index contributed by atoms with van der Waals surface area (Å²) in [5.74, 6) is -6.71. The molecule has 2 aromatic rings. The summed E-state index contributed by atoms with van der Waals surface area (Å²) in [6.45, 7) is 0. The van der Waals surface area contributed by atoms with Crippen LogP contribution in [0.25, 0.3) is 0 Å². The second-order valence-corrected chi connectivity index (χ2v) is 5.61. The van der Waals surface area contributed by atoms with Gasteiger partial charge >= 0.3 is 12.4 Å². The molecule has 1 N–H and O–H groups in total. The zero-order chi connectivity index (χ0) is 20.4. The van der Waals surface area contributed by atoms with Crippen molar-refractivity contribution in [1.29, 1.82) is 0 Å². The Bertz CT molecular complexity index is 809. The standard InChI is InChI=1S/C18H13F6NO2/c1-25-13-8-6-11(7-9-13)14(26)10-2-4-12(5-3-10)15(27)16(17(19,20)21)18(22,23)24/h2-9,16,25H,1H3. The first-order valence-electron chi connectivity index (χ1n) is 7.55. The third-order valence-corrected chi connectivity index (χ3v) is 3.78. The Labute approximate surface area is 150 Å². The van der Waals surface area contributed by atoms with Gasteiger partial charge in [0.2, 0.25) is 5.92 Å².